The van der Waals surface area contributed by atoms with E-state index < -0.39 is 29.2 Å². The van der Waals surface area contributed by atoms with Crippen molar-refractivity contribution in [3.8, 4) is 0 Å². The van der Waals surface area contributed by atoms with Gasteiger partial charge in [-0.1, -0.05) is 60.7 Å². The monoisotopic (exact) mass is 310 g/mol. The first-order valence-electron chi connectivity index (χ1n) is 5.94. The number of hydrogen-bond donors (Lipinski definition) is 0. The highest BCUT2D eigenvalue weighted by Crippen LogP contribution is 2.17. The Labute approximate surface area is 118 Å². The molecule has 0 heterocycles. The summed E-state index contributed by atoms with van der Waals surface area (Å²) in [4.78, 5) is 0. The first-order valence-corrected chi connectivity index (χ1v) is 9.76. The van der Waals surface area contributed by atoms with E-state index in [4.69, 9.17) is 0 Å². The molecule has 0 N–H and O–H groups in total. The summed E-state index contributed by atoms with van der Waals surface area (Å²) in [7, 11) is -8.48. The van der Waals surface area contributed by atoms with Crippen molar-refractivity contribution in [1.29, 1.82) is 0 Å². The number of hydrogen-bond acceptors (Lipinski definition) is 4. The molecule has 2 aromatic carbocycles. The Morgan fingerprint density at radius 1 is 0.550 bits per heavy atom. The van der Waals surface area contributed by atoms with Gasteiger partial charge in [0.15, 0.2) is 0 Å². The zero-order chi connectivity index (χ0) is 14.6. The van der Waals surface area contributed by atoms with Crippen LogP contribution in [0.1, 0.15) is 11.1 Å². The zero-order valence-corrected chi connectivity index (χ0v) is 12.3. The highest BCUT2D eigenvalue weighted by molar-refractivity contribution is 8.66. The molecule has 0 aliphatic carbocycles. The van der Waals surface area contributed by atoms with E-state index in [1.54, 1.807) is 60.7 Å². The fourth-order valence-electron chi connectivity index (χ4n) is 1.74. The SMILES string of the molecule is O=S(=O)(Cc1ccccc1)S(=O)(=O)Cc1ccccc1. The lowest BCUT2D eigenvalue weighted by Gasteiger charge is -2.06. The molecular weight excluding hydrogens is 296 g/mol. The molecule has 0 saturated heterocycles. The standard InChI is InChI=1S/C14H14O4S2/c15-19(16,11-13-7-3-1-4-8-13)20(17,18)12-14-9-5-2-6-10-14/h1-10H,11-12H2. The van der Waals surface area contributed by atoms with E-state index in [0.29, 0.717) is 11.1 Å². The minimum Gasteiger partial charge on any atom is -0.212 e. The van der Waals surface area contributed by atoms with E-state index in [1.165, 1.54) is 0 Å². The average molecular weight is 310 g/mol. The van der Waals surface area contributed by atoms with Crippen molar-refractivity contribution in [3.05, 3.63) is 71.8 Å². The quantitative estimate of drug-likeness (QED) is 0.793. The molecule has 4 nitrogen and oxygen atoms in total. The summed E-state index contributed by atoms with van der Waals surface area (Å²) < 4.78 is 48.2. The first-order chi connectivity index (χ1) is 9.41. The molecule has 0 radical (unpaired) electrons. The van der Waals surface area contributed by atoms with Gasteiger partial charge in [-0.2, -0.15) is 0 Å². The van der Waals surface area contributed by atoms with Crippen molar-refractivity contribution >= 4 is 17.7 Å². The van der Waals surface area contributed by atoms with Crippen LogP contribution in [0.25, 0.3) is 0 Å². The van der Waals surface area contributed by atoms with Gasteiger partial charge in [-0.25, -0.2) is 16.8 Å². The first kappa shape index (κ1) is 14.7. The molecule has 0 spiro atoms. The summed E-state index contributed by atoms with van der Waals surface area (Å²) in [6.45, 7) is 0. The van der Waals surface area contributed by atoms with Crippen LogP contribution in [0.5, 0.6) is 0 Å². The van der Waals surface area contributed by atoms with E-state index in [1.807, 2.05) is 0 Å². The van der Waals surface area contributed by atoms with Gasteiger partial charge in [-0.05, 0) is 11.1 Å². The Bertz CT molecular complexity index is 695. The molecule has 0 unspecified atom stereocenters. The second kappa shape index (κ2) is 5.76. The van der Waals surface area contributed by atoms with Crippen LogP contribution in [0.2, 0.25) is 0 Å². The van der Waals surface area contributed by atoms with E-state index in [2.05, 4.69) is 0 Å². The molecule has 20 heavy (non-hydrogen) atoms. The van der Waals surface area contributed by atoms with Crippen molar-refractivity contribution in [3.63, 3.8) is 0 Å². The average Bonchev–Trinajstić information content (AvgIpc) is 2.40. The Kier molecular flexibility index (Phi) is 4.25. The third-order valence-corrected chi connectivity index (χ3v) is 7.94. The largest absolute Gasteiger partial charge is 0.258 e. The van der Waals surface area contributed by atoms with Gasteiger partial charge in [0.05, 0.1) is 11.5 Å². The number of benzene rings is 2. The Morgan fingerprint density at radius 3 is 1.15 bits per heavy atom. The van der Waals surface area contributed by atoms with Crippen molar-refractivity contribution < 1.29 is 16.8 Å². The molecule has 0 fully saturated rings. The fraction of sp³-hybridized carbons (Fsp3) is 0.143. The molecule has 0 saturated carbocycles. The Morgan fingerprint density at radius 2 is 0.850 bits per heavy atom. The van der Waals surface area contributed by atoms with Crippen LogP contribution in [-0.2, 0) is 29.2 Å². The van der Waals surface area contributed by atoms with Gasteiger partial charge in [0.1, 0.15) is 0 Å². The summed E-state index contributed by atoms with van der Waals surface area (Å²) in [5, 5.41) is 0. The summed E-state index contributed by atoms with van der Waals surface area (Å²) in [6, 6.07) is 16.6. The Hall–Kier alpha value is -1.66. The molecule has 6 heteroatoms. The lowest BCUT2D eigenvalue weighted by molar-refractivity contribution is 0.581. The van der Waals surface area contributed by atoms with Crippen molar-refractivity contribution in [2.45, 2.75) is 11.5 Å². The van der Waals surface area contributed by atoms with Gasteiger partial charge in [-0.15, -0.1) is 0 Å². The zero-order valence-electron chi connectivity index (χ0n) is 10.6. The van der Waals surface area contributed by atoms with Gasteiger partial charge in [0, 0.05) is 0 Å². The van der Waals surface area contributed by atoms with Crippen molar-refractivity contribution in [1.82, 2.24) is 0 Å². The normalized spacial score (nSPS) is 12.2. The van der Waals surface area contributed by atoms with E-state index >= 15 is 0 Å². The molecule has 2 rings (SSSR count). The summed E-state index contributed by atoms with van der Waals surface area (Å²) >= 11 is 0. The molecular formula is C14H14O4S2. The minimum atomic E-state index is -4.24. The van der Waals surface area contributed by atoms with Gasteiger partial charge in [0.25, 0.3) is 17.7 Å². The molecule has 0 aromatic heterocycles. The van der Waals surface area contributed by atoms with Gasteiger partial charge in [0.2, 0.25) is 0 Å². The predicted molar refractivity (Wildman–Crippen MR) is 78.1 cm³/mol. The van der Waals surface area contributed by atoms with E-state index in [0.717, 1.165) is 0 Å². The van der Waals surface area contributed by atoms with Gasteiger partial charge >= 0.3 is 0 Å². The van der Waals surface area contributed by atoms with Crippen molar-refractivity contribution in [2.75, 3.05) is 0 Å². The lowest BCUT2D eigenvalue weighted by Crippen LogP contribution is -2.19. The van der Waals surface area contributed by atoms with Crippen LogP contribution in [0.15, 0.2) is 60.7 Å². The second-order valence-electron chi connectivity index (χ2n) is 4.38. The maximum absolute atomic E-state index is 12.0. The van der Waals surface area contributed by atoms with Crippen LogP contribution in [-0.4, -0.2) is 16.8 Å². The van der Waals surface area contributed by atoms with Gasteiger partial charge < -0.3 is 0 Å². The van der Waals surface area contributed by atoms with Crippen LogP contribution in [0.4, 0.5) is 0 Å². The van der Waals surface area contributed by atoms with Crippen LogP contribution in [0, 0.1) is 0 Å². The molecule has 106 valence electrons. The van der Waals surface area contributed by atoms with Crippen LogP contribution in [0.3, 0.4) is 0 Å². The van der Waals surface area contributed by atoms with Crippen LogP contribution >= 0.6 is 0 Å². The summed E-state index contributed by atoms with van der Waals surface area (Å²) in [5.74, 6) is -0.994. The lowest BCUT2D eigenvalue weighted by atomic mass is 10.2. The van der Waals surface area contributed by atoms with Crippen molar-refractivity contribution in [2.24, 2.45) is 0 Å². The third-order valence-electron chi connectivity index (χ3n) is 2.76. The summed E-state index contributed by atoms with van der Waals surface area (Å²) in [5.41, 5.74) is 0.924. The molecule has 0 aliphatic rings. The highest BCUT2D eigenvalue weighted by Gasteiger charge is 2.29. The van der Waals surface area contributed by atoms with E-state index in [-0.39, 0.29) is 0 Å². The molecule has 0 aliphatic heterocycles. The molecule has 0 amide bonds. The molecule has 0 atom stereocenters. The fourth-order valence-corrected chi connectivity index (χ4v) is 5.19. The summed E-state index contributed by atoms with van der Waals surface area (Å²) in [6.07, 6.45) is 0. The maximum atomic E-state index is 12.0. The number of rotatable bonds is 5. The second-order valence-corrected chi connectivity index (χ2v) is 10.2. The maximum Gasteiger partial charge on any atom is 0.258 e. The smallest absolute Gasteiger partial charge is 0.212 e. The van der Waals surface area contributed by atoms with E-state index in [9.17, 15) is 16.8 Å². The predicted octanol–water partition coefficient (Wildman–Crippen LogP) is 2.13. The minimum absolute atomic E-state index is 0.462. The van der Waals surface area contributed by atoms with Gasteiger partial charge in [-0.3, -0.25) is 0 Å². The molecule has 2 aromatic rings. The van der Waals surface area contributed by atoms with Crippen LogP contribution < -0.4 is 0 Å². The highest BCUT2D eigenvalue weighted by atomic mass is 33.2. The third kappa shape index (κ3) is 3.46. The molecule has 0 bridgehead atoms. The topological polar surface area (TPSA) is 68.3 Å². The Balaban J connectivity index is 2.24.